The van der Waals surface area contributed by atoms with Crippen LogP contribution < -0.4 is 0 Å². The van der Waals surface area contributed by atoms with Crippen LogP contribution in [0.2, 0.25) is 0 Å². The third kappa shape index (κ3) is 2.88. The Hall–Kier alpha value is -2.67. The maximum absolute atomic E-state index is 12.7. The molecule has 0 unspecified atom stereocenters. The number of amidine groups is 1. The molecule has 0 N–H and O–H groups in total. The zero-order chi connectivity index (χ0) is 18.3. The Morgan fingerprint density at radius 1 is 1.00 bits per heavy atom. The van der Waals surface area contributed by atoms with Crippen molar-refractivity contribution in [1.82, 2.24) is 9.80 Å². The van der Waals surface area contributed by atoms with Crippen molar-refractivity contribution in [3.8, 4) is 0 Å². The van der Waals surface area contributed by atoms with Gasteiger partial charge in [-0.3, -0.25) is 4.79 Å². The van der Waals surface area contributed by atoms with Crippen molar-refractivity contribution in [1.29, 1.82) is 0 Å². The van der Waals surface area contributed by atoms with Crippen molar-refractivity contribution >= 4 is 21.8 Å². The first-order valence-corrected chi connectivity index (χ1v) is 9.95. The molecule has 0 saturated carbocycles. The van der Waals surface area contributed by atoms with Gasteiger partial charge in [0.1, 0.15) is 4.90 Å². The summed E-state index contributed by atoms with van der Waals surface area (Å²) >= 11 is 0. The van der Waals surface area contributed by atoms with Crippen LogP contribution in [0.3, 0.4) is 0 Å². The van der Waals surface area contributed by atoms with E-state index < -0.39 is 10.0 Å². The number of hydrogen-bond donors (Lipinski definition) is 0. The van der Waals surface area contributed by atoms with Crippen molar-refractivity contribution < 1.29 is 13.2 Å². The number of piperazine rings is 1. The van der Waals surface area contributed by atoms with E-state index in [1.807, 2.05) is 42.2 Å². The summed E-state index contributed by atoms with van der Waals surface area (Å²) in [4.78, 5) is 16.7. The van der Waals surface area contributed by atoms with Gasteiger partial charge in [0.15, 0.2) is 5.84 Å². The van der Waals surface area contributed by atoms with Crippen LogP contribution in [0.25, 0.3) is 0 Å². The van der Waals surface area contributed by atoms with Crippen LogP contribution in [0.15, 0.2) is 57.8 Å². The Kier molecular flexibility index (Phi) is 4.03. The number of carbonyl (C=O) groups excluding carboxylic acids is 1. The quantitative estimate of drug-likeness (QED) is 0.770. The van der Waals surface area contributed by atoms with Crippen LogP contribution in [-0.2, 0) is 10.0 Å². The fourth-order valence-electron chi connectivity index (χ4n) is 3.40. The van der Waals surface area contributed by atoms with E-state index in [1.165, 1.54) is 0 Å². The lowest BCUT2D eigenvalue weighted by molar-refractivity contribution is 0.0692. The smallest absolute Gasteiger partial charge is 0.285 e. The van der Waals surface area contributed by atoms with Gasteiger partial charge < -0.3 is 9.80 Å². The number of amides is 1. The summed E-state index contributed by atoms with van der Waals surface area (Å²) in [6.45, 7) is 4.15. The largest absolute Gasteiger partial charge is 0.352 e. The number of hydrogen-bond acceptors (Lipinski definition) is 4. The number of rotatable bonds is 1. The summed E-state index contributed by atoms with van der Waals surface area (Å²) in [5.41, 5.74) is 2.38. The Morgan fingerprint density at radius 3 is 2.46 bits per heavy atom. The molecule has 2 heterocycles. The number of nitrogens with zero attached hydrogens (tertiary/aromatic N) is 3. The highest BCUT2D eigenvalue weighted by Gasteiger charge is 2.33. The fourth-order valence-corrected chi connectivity index (χ4v) is 4.63. The zero-order valence-electron chi connectivity index (χ0n) is 14.4. The van der Waals surface area contributed by atoms with Crippen LogP contribution in [0, 0.1) is 6.92 Å². The molecule has 26 heavy (non-hydrogen) atoms. The van der Waals surface area contributed by atoms with Gasteiger partial charge in [0, 0.05) is 37.3 Å². The van der Waals surface area contributed by atoms with Crippen molar-refractivity contribution in [2.45, 2.75) is 11.8 Å². The maximum atomic E-state index is 12.7. The first kappa shape index (κ1) is 16.8. The number of aryl methyl sites for hydroxylation is 1. The van der Waals surface area contributed by atoms with Gasteiger partial charge in [0.2, 0.25) is 0 Å². The van der Waals surface area contributed by atoms with Crippen molar-refractivity contribution in [3.63, 3.8) is 0 Å². The second-order valence-electron chi connectivity index (χ2n) is 6.53. The van der Waals surface area contributed by atoms with E-state index in [9.17, 15) is 13.2 Å². The Morgan fingerprint density at radius 2 is 1.73 bits per heavy atom. The number of sulfonamides is 1. The highest BCUT2D eigenvalue weighted by Crippen LogP contribution is 2.28. The first-order valence-electron chi connectivity index (χ1n) is 8.51. The van der Waals surface area contributed by atoms with Crippen molar-refractivity contribution in [2.24, 2.45) is 4.40 Å². The Balaban J connectivity index is 1.50. The third-order valence-electron chi connectivity index (χ3n) is 4.74. The highest BCUT2D eigenvalue weighted by molar-refractivity contribution is 7.90. The lowest BCUT2D eigenvalue weighted by atomic mass is 10.1. The third-order valence-corrected chi connectivity index (χ3v) is 6.07. The van der Waals surface area contributed by atoms with E-state index in [0.717, 1.165) is 5.56 Å². The second-order valence-corrected chi connectivity index (χ2v) is 8.11. The minimum absolute atomic E-state index is 0.00901. The SMILES string of the molecule is Cc1cccc(C(=O)N2CCN(C3=NS(=O)(=O)c4ccccc43)CC2)c1. The van der Waals surface area contributed by atoms with Crippen LogP contribution >= 0.6 is 0 Å². The Bertz CT molecular complexity index is 1010. The predicted octanol–water partition coefficient (Wildman–Crippen LogP) is 1.90. The molecule has 2 aromatic rings. The Labute approximate surface area is 152 Å². The van der Waals surface area contributed by atoms with Gasteiger partial charge in [0.05, 0.1) is 0 Å². The molecule has 0 bridgehead atoms. The molecule has 1 fully saturated rings. The molecule has 2 aliphatic rings. The minimum Gasteiger partial charge on any atom is -0.352 e. The molecule has 4 rings (SSSR count). The molecule has 1 saturated heterocycles. The summed E-state index contributed by atoms with van der Waals surface area (Å²) in [7, 11) is -3.62. The number of carbonyl (C=O) groups is 1. The molecule has 2 aliphatic heterocycles. The van der Waals surface area contributed by atoms with Gasteiger partial charge in [-0.2, -0.15) is 8.42 Å². The van der Waals surface area contributed by atoms with Crippen LogP contribution in [0.4, 0.5) is 0 Å². The standard InChI is InChI=1S/C19H19N3O3S/c1-14-5-4-6-15(13-14)19(23)22-11-9-21(10-12-22)18-16-7-2-3-8-17(16)26(24,25)20-18/h2-8,13H,9-12H2,1H3. The van der Waals surface area contributed by atoms with Crippen molar-refractivity contribution in [3.05, 3.63) is 65.2 Å². The molecule has 6 nitrogen and oxygen atoms in total. The fraction of sp³-hybridized carbons (Fsp3) is 0.263. The molecule has 0 aromatic heterocycles. The topological polar surface area (TPSA) is 70.1 Å². The molecule has 0 radical (unpaired) electrons. The molecule has 134 valence electrons. The molecule has 7 heteroatoms. The molecule has 0 spiro atoms. The molecule has 0 atom stereocenters. The van der Waals surface area contributed by atoms with E-state index in [1.54, 1.807) is 23.1 Å². The lowest BCUT2D eigenvalue weighted by Crippen LogP contribution is -2.50. The minimum atomic E-state index is -3.62. The van der Waals surface area contributed by atoms with Gasteiger partial charge in [0.25, 0.3) is 15.9 Å². The second kappa shape index (κ2) is 6.25. The van der Waals surface area contributed by atoms with Gasteiger partial charge >= 0.3 is 0 Å². The summed E-state index contributed by atoms with van der Waals surface area (Å²) in [6, 6.07) is 14.4. The van der Waals surface area contributed by atoms with E-state index in [-0.39, 0.29) is 10.8 Å². The number of benzene rings is 2. The maximum Gasteiger partial charge on any atom is 0.285 e. The van der Waals surface area contributed by atoms with E-state index in [2.05, 4.69) is 4.40 Å². The molecular weight excluding hydrogens is 350 g/mol. The molecular formula is C19H19N3O3S. The average Bonchev–Trinajstić information content (AvgIpc) is 2.93. The van der Waals surface area contributed by atoms with Crippen LogP contribution in [0.5, 0.6) is 0 Å². The van der Waals surface area contributed by atoms with Gasteiger partial charge in [-0.25, -0.2) is 0 Å². The van der Waals surface area contributed by atoms with E-state index in [4.69, 9.17) is 0 Å². The summed E-state index contributed by atoms with van der Waals surface area (Å²) in [6.07, 6.45) is 0. The van der Waals surface area contributed by atoms with Crippen LogP contribution in [0.1, 0.15) is 21.5 Å². The zero-order valence-corrected chi connectivity index (χ0v) is 15.2. The van der Waals surface area contributed by atoms with Crippen molar-refractivity contribution in [2.75, 3.05) is 26.2 Å². The number of fused-ring (bicyclic) bond motifs is 1. The molecule has 0 aliphatic carbocycles. The van der Waals surface area contributed by atoms with Gasteiger partial charge in [-0.1, -0.05) is 29.8 Å². The van der Waals surface area contributed by atoms with Gasteiger partial charge in [-0.05, 0) is 31.2 Å². The van der Waals surface area contributed by atoms with Gasteiger partial charge in [-0.15, -0.1) is 4.40 Å². The van der Waals surface area contributed by atoms with Crippen LogP contribution in [-0.4, -0.2) is 56.1 Å². The summed E-state index contributed by atoms with van der Waals surface area (Å²) in [5, 5.41) is 0. The molecule has 1 amide bonds. The first-order chi connectivity index (χ1) is 12.5. The highest BCUT2D eigenvalue weighted by atomic mass is 32.2. The predicted molar refractivity (Wildman–Crippen MR) is 98.8 cm³/mol. The average molecular weight is 369 g/mol. The summed E-state index contributed by atoms with van der Waals surface area (Å²) in [5.74, 6) is 0.498. The van der Waals surface area contributed by atoms with E-state index in [0.29, 0.717) is 43.1 Å². The lowest BCUT2D eigenvalue weighted by Gasteiger charge is -2.35. The summed E-state index contributed by atoms with van der Waals surface area (Å²) < 4.78 is 28.4. The molecule has 2 aromatic carbocycles. The van der Waals surface area contributed by atoms with E-state index >= 15 is 0 Å². The monoisotopic (exact) mass is 369 g/mol. The normalized spacial score (nSPS) is 18.4.